The van der Waals surface area contributed by atoms with Crippen molar-refractivity contribution in [1.29, 1.82) is 0 Å². The van der Waals surface area contributed by atoms with E-state index in [1.165, 1.54) is 17.0 Å². The molecular formula is C39H43BrFN3O8. The number of amides is 2. The minimum Gasteiger partial charge on any atom is -0.492 e. The molecule has 1 saturated heterocycles. The lowest BCUT2D eigenvalue weighted by molar-refractivity contribution is -0.163. The highest BCUT2D eigenvalue weighted by molar-refractivity contribution is 9.10. The number of rotatable bonds is 15. The van der Waals surface area contributed by atoms with Crippen LogP contribution in [0, 0.1) is 12.7 Å². The fraction of sp³-hybridized carbons (Fsp3) is 0.410. The van der Waals surface area contributed by atoms with Gasteiger partial charge in [-0.15, -0.1) is 0 Å². The van der Waals surface area contributed by atoms with Crippen molar-refractivity contribution in [3.05, 3.63) is 99.3 Å². The van der Waals surface area contributed by atoms with E-state index >= 15 is 0 Å². The molecule has 3 aliphatic rings. The van der Waals surface area contributed by atoms with Crippen LogP contribution >= 0.6 is 15.9 Å². The zero-order valence-corrected chi connectivity index (χ0v) is 30.4. The van der Waals surface area contributed by atoms with E-state index in [0.29, 0.717) is 48.4 Å². The van der Waals surface area contributed by atoms with Gasteiger partial charge in [-0.25, -0.2) is 9.18 Å². The second-order valence-corrected chi connectivity index (χ2v) is 14.5. The lowest BCUT2D eigenvalue weighted by Gasteiger charge is -2.45. The van der Waals surface area contributed by atoms with Gasteiger partial charge in [-0.1, -0.05) is 36.4 Å². The van der Waals surface area contributed by atoms with Crippen molar-refractivity contribution in [1.82, 2.24) is 15.1 Å². The summed E-state index contributed by atoms with van der Waals surface area (Å²) < 4.78 is 26.1. The summed E-state index contributed by atoms with van der Waals surface area (Å²) in [7, 11) is 0. The molecule has 4 atom stereocenters. The molecule has 276 valence electrons. The van der Waals surface area contributed by atoms with Gasteiger partial charge in [0.05, 0.1) is 23.7 Å². The summed E-state index contributed by atoms with van der Waals surface area (Å²) >= 11 is 3.38. The number of carboxylic acids is 1. The number of nitrogens with one attached hydrogen (secondary N) is 1. The first-order valence-corrected chi connectivity index (χ1v) is 18.3. The Hall–Kier alpha value is -4.30. The first-order chi connectivity index (χ1) is 25.0. The smallest absolute Gasteiger partial charge is 0.335 e. The molecule has 1 aliphatic carbocycles. The van der Waals surface area contributed by atoms with Crippen LogP contribution in [0.2, 0.25) is 0 Å². The van der Waals surface area contributed by atoms with E-state index in [1.54, 1.807) is 6.07 Å². The van der Waals surface area contributed by atoms with E-state index in [0.717, 1.165) is 47.3 Å². The molecule has 2 amide bonds. The Balaban J connectivity index is 1.22. The fourth-order valence-electron chi connectivity index (χ4n) is 6.88. The van der Waals surface area contributed by atoms with Crippen LogP contribution in [0.1, 0.15) is 42.4 Å². The number of hydrogen-bond acceptors (Lipinski definition) is 8. The van der Waals surface area contributed by atoms with Gasteiger partial charge in [0, 0.05) is 36.8 Å². The topological polar surface area (TPSA) is 149 Å². The van der Waals surface area contributed by atoms with Crippen molar-refractivity contribution in [2.75, 3.05) is 32.8 Å². The Morgan fingerprint density at radius 3 is 2.48 bits per heavy atom. The van der Waals surface area contributed by atoms with Crippen LogP contribution in [0.5, 0.6) is 11.5 Å². The Labute approximate surface area is 310 Å². The molecule has 6 rings (SSSR count). The summed E-state index contributed by atoms with van der Waals surface area (Å²) in [6.07, 6.45) is -0.808. The SMILES string of the molecule is Cc1cccc(OCCN(C(=O)C2=C(c3ccc(CCCOc4cc(F)ccc4Br)cc3)C[C@@H]3CN(C(=O)[C@@H](O)[C@@H](O)C(=O)O)C[C@H]2N3)C2CC2)c1. The number of benzene rings is 3. The van der Waals surface area contributed by atoms with Crippen molar-refractivity contribution in [2.24, 2.45) is 0 Å². The molecule has 3 aromatic carbocycles. The maximum Gasteiger partial charge on any atom is 0.335 e. The molecular weight excluding hydrogens is 737 g/mol. The number of ether oxygens (including phenoxy) is 2. The average molecular weight is 781 g/mol. The van der Waals surface area contributed by atoms with Crippen molar-refractivity contribution >= 4 is 39.3 Å². The van der Waals surface area contributed by atoms with Crippen molar-refractivity contribution in [2.45, 2.75) is 69.4 Å². The number of carbonyl (C=O) groups excluding carboxylic acids is 2. The summed E-state index contributed by atoms with van der Waals surface area (Å²) in [5, 5.41) is 32.9. The monoisotopic (exact) mass is 779 g/mol. The van der Waals surface area contributed by atoms with Crippen LogP contribution in [0.4, 0.5) is 4.39 Å². The Bertz CT molecular complexity index is 1820. The summed E-state index contributed by atoms with van der Waals surface area (Å²) in [5.74, 6) is -1.95. The predicted molar refractivity (Wildman–Crippen MR) is 194 cm³/mol. The Morgan fingerprint density at radius 1 is 1.00 bits per heavy atom. The van der Waals surface area contributed by atoms with Gasteiger partial charge in [0.1, 0.15) is 23.9 Å². The highest BCUT2D eigenvalue weighted by atomic mass is 79.9. The number of aliphatic carboxylic acids is 1. The third-order valence-electron chi connectivity index (χ3n) is 9.65. The normalized spacial score (nSPS) is 19.5. The highest BCUT2D eigenvalue weighted by Crippen LogP contribution is 2.37. The van der Waals surface area contributed by atoms with E-state index in [4.69, 9.17) is 9.47 Å². The van der Waals surface area contributed by atoms with E-state index in [2.05, 4.69) is 21.2 Å². The third kappa shape index (κ3) is 9.00. The first-order valence-electron chi connectivity index (χ1n) is 17.5. The van der Waals surface area contributed by atoms with Gasteiger partial charge in [0.15, 0.2) is 12.2 Å². The van der Waals surface area contributed by atoms with Gasteiger partial charge in [-0.05, 0) is 101 Å². The molecule has 2 heterocycles. The standard InChI is InChI=1S/C39H43BrFN3O8/c1-23-4-2-6-29(18-23)51-17-15-44(28-12-13-28)37(47)34-30(20-27-21-43(22-32(34)42-27)38(48)35(45)36(46)39(49)50)25-9-7-24(8-10-25)5-3-16-52-33-19-26(41)11-14-31(33)40/h2,4,6-11,14,18-19,27-28,32,35-36,42,45-46H,3,5,12-13,15-17,20-22H2,1H3,(H,49,50)/t27-,32-,35+,36-/m1/s1. The highest BCUT2D eigenvalue weighted by Gasteiger charge is 2.45. The van der Waals surface area contributed by atoms with E-state index in [1.807, 2.05) is 60.4 Å². The molecule has 11 nitrogen and oxygen atoms in total. The number of hydrogen-bond donors (Lipinski definition) is 4. The lowest BCUT2D eigenvalue weighted by atomic mass is 9.82. The van der Waals surface area contributed by atoms with Crippen LogP contribution in [-0.2, 0) is 20.8 Å². The zero-order chi connectivity index (χ0) is 36.9. The first kappa shape index (κ1) is 37.5. The van der Waals surface area contributed by atoms with Gasteiger partial charge in [-0.3, -0.25) is 9.59 Å². The Kier molecular flexibility index (Phi) is 11.9. The molecule has 52 heavy (non-hydrogen) atoms. The molecule has 0 unspecified atom stereocenters. The van der Waals surface area contributed by atoms with Gasteiger partial charge >= 0.3 is 5.97 Å². The van der Waals surface area contributed by atoms with Crippen LogP contribution in [-0.4, -0.2) is 106 Å². The quantitative estimate of drug-likeness (QED) is 0.167. The minimum atomic E-state index is -2.26. The van der Waals surface area contributed by atoms with Gasteiger partial charge in [-0.2, -0.15) is 0 Å². The van der Waals surface area contributed by atoms with Crippen LogP contribution in [0.25, 0.3) is 5.57 Å². The molecule has 1 saturated carbocycles. The number of piperazine rings is 1. The van der Waals surface area contributed by atoms with E-state index < -0.39 is 30.1 Å². The second-order valence-electron chi connectivity index (χ2n) is 13.6. The summed E-state index contributed by atoms with van der Waals surface area (Å²) in [6, 6.07) is 19.3. The van der Waals surface area contributed by atoms with Crippen LogP contribution < -0.4 is 14.8 Å². The van der Waals surface area contributed by atoms with E-state index in [9.17, 15) is 34.1 Å². The average Bonchev–Trinajstić information content (AvgIpc) is 3.97. The number of halogens is 2. The number of fused-ring (bicyclic) bond motifs is 2. The number of aliphatic hydroxyl groups is 2. The van der Waals surface area contributed by atoms with Crippen molar-refractivity contribution in [3.63, 3.8) is 0 Å². The fourth-order valence-corrected chi connectivity index (χ4v) is 7.24. The van der Waals surface area contributed by atoms with E-state index in [-0.39, 0.29) is 36.9 Å². The second kappa shape index (κ2) is 16.6. The van der Waals surface area contributed by atoms with Gasteiger partial charge in [0.2, 0.25) is 0 Å². The molecule has 13 heteroatoms. The summed E-state index contributed by atoms with van der Waals surface area (Å²) in [5.41, 5.74) is 4.42. The Morgan fingerprint density at radius 2 is 1.77 bits per heavy atom. The minimum absolute atomic E-state index is 0.0150. The van der Waals surface area contributed by atoms with Crippen LogP contribution in [0.3, 0.4) is 0 Å². The molecule has 2 aliphatic heterocycles. The number of aryl methyl sites for hydroxylation is 2. The predicted octanol–water partition coefficient (Wildman–Crippen LogP) is 4.11. The van der Waals surface area contributed by atoms with Crippen molar-refractivity contribution < 1.29 is 43.6 Å². The summed E-state index contributed by atoms with van der Waals surface area (Å²) in [4.78, 5) is 42.3. The van der Waals surface area contributed by atoms with Crippen LogP contribution in [0.15, 0.2) is 76.8 Å². The van der Waals surface area contributed by atoms with Gasteiger partial charge < -0.3 is 39.9 Å². The molecule has 2 bridgehead atoms. The lowest BCUT2D eigenvalue weighted by Crippen LogP contribution is -2.64. The largest absolute Gasteiger partial charge is 0.492 e. The third-order valence-corrected chi connectivity index (χ3v) is 10.3. The molecule has 0 aromatic heterocycles. The number of carbonyl (C=O) groups is 3. The number of carboxylic acid groups (broad SMARTS) is 1. The molecule has 2 fully saturated rings. The number of aliphatic hydroxyl groups excluding tert-OH is 2. The van der Waals surface area contributed by atoms with Gasteiger partial charge in [0.25, 0.3) is 11.8 Å². The maximum absolute atomic E-state index is 14.6. The molecule has 3 aromatic rings. The van der Waals surface area contributed by atoms with Crippen molar-refractivity contribution in [3.8, 4) is 11.5 Å². The maximum atomic E-state index is 14.6. The molecule has 0 radical (unpaired) electrons. The number of nitrogens with zero attached hydrogens (tertiary/aromatic N) is 2. The molecule has 0 spiro atoms. The molecule has 4 N–H and O–H groups in total. The summed E-state index contributed by atoms with van der Waals surface area (Å²) in [6.45, 7) is 3.23. The zero-order valence-electron chi connectivity index (χ0n) is 28.8.